The van der Waals surface area contributed by atoms with E-state index in [4.69, 9.17) is 19.3 Å². The lowest BCUT2D eigenvalue weighted by molar-refractivity contribution is -0.103. The molecule has 0 heterocycles. The van der Waals surface area contributed by atoms with Gasteiger partial charge in [0.2, 0.25) is 0 Å². The van der Waals surface area contributed by atoms with Gasteiger partial charge in [0, 0.05) is 5.56 Å². The molecular weight excluding hydrogens is 300 g/mol. The average molecular weight is 320 g/mol. The number of methoxy groups -OCH3 is 2. The van der Waals surface area contributed by atoms with Crippen LogP contribution in [0, 0.1) is 0 Å². The second kappa shape index (κ2) is 7.82. The first-order valence-electron chi connectivity index (χ1n) is 7.02. The maximum Gasteiger partial charge on any atom is 0.160 e. The van der Waals surface area contributed by atoms with Crippen LogP contribution in [0.25, 0.3) is 0 Å². The van der Waals surface area contributed by atoms with Crippen molar-refractivity contribution in [2.45, 2.75) is 12.2 Å². The zero-order chi connectivity index (χ0) is 16.8. The highest BCUT2D eigenvalue weighted by Gasteiger charge is 2.27. The van der Waals surface area contributed by atoms with Crippen molar-refractivity contribution in [3.63, 3.8) is 0 Å². The summed E-state index contributed by atoms with van der Waals surface area (Å²) in [6.07, 6.45) is -1.93. The van der Waals surface area contributed by atoms with Crippen LogP contribution in [0.3, 0.4) is 0 Å². The Hall–Kier alpha value is -2.28. The summed E-state index contributed by atoms with van der Waals surface area (Å²) in [6.45, 7) is -0.561. The van der Waals surface area contributed by atoms with Gasteiger partial charge >= 0.3 is 0 Å². The number of aliphatic hydroxyl groups is 2. The molecule has 6 nitrogen and oxygen atoms in total. The maximum absolute atomic E-state index is 10.7. The Morgan fingerprint density at radius 2 is 1.70 bits per heavy atom. The topological polar surface area (TPSA) is 88.4 Å². The van der Waals surface area contributed by atoms with Crippen LogP contribution in [0.5, 0.6) is 17.2 Å². The first kappa shape index (κ1) is 17.1. The molecule has 0 fully saturated rings. The fourth-order valence-corrected chi connectivity index (χ4v) is 2.39. The number of rotatable bonds is 7. The number of ether oxygens (including phenoxy) is 3. The molecule has 0 aromatic heterocycles. The highest BCUT2D eigenvalue weighted by Crippen LogP contribution is 2.39. The molecule has 0 radical (unpaired) electrons. The van der Waals surface area contributed by atoms with Gasteiger partial charge in [0.1, 0.15) is 24.8 Å². The van der Waals surface area contributed by atoms with Crippen LogP contribution < -0.4 is 9.47 Å². The van der Waals surface area contributed by atoms with Crippen LogP contribution in [0.1, 0.15) is 23.3 Å². The molecular formula is C17H20O6. The molecule has 3 N–H and O–H groups in total. The van der Waals surface area contributed by atoms with Crippen molar-refractivity contribution in [1.29, 1.82) is 0 Å². The Labute approximate surface area is 134 Å². The Balaban J connectivity index is 2.40. The molecule has 0 aliphatic rings. The van der Waals surface area contributed by atoms with Gasteiger partial charge in [-0.15, -0.1) is 0 Å². The van der Waals surface area contributed by atoms with Gasteiger partial charge in [-0.1, -0.05) is 24.3 Å². The number of hydrogen-bond acceptors (Lipinski definition) is 6. The average Bonchev–Trinajstić information content (AvgIpc) is 2.59. The van der Waals surface area contributed by atoms with Crippen LogP contribution in [0.15, 0.2) is 42.5 Å². The molecule has 0 spiro atoms. The van der Waals surface area contributed by atoms with Crippen molar-refractivity contribution in [2.75, 3.05) is 21.0 Å². The van der Waals surface area contributed by atoms with Crippen LogP contribution in [-0.4, -0.2) is 36.3 Å². The molecule has 23 heavy (non-hydrogen) atoms. The molecule has 0 aliphatic carbocycles. The fraction of sp³-hybridized carbons (Fsp3) is 0.294. The summed E-state index contributed by atoms with van der Waals surface area (Å²) in [7, 11) is 2.94. The number of para-hydroxylation sites is 1. The molecule has 0 bridgehead atoms. The summed E-state index contributed by atoms with van der Waals surface area (Å²) in [5.41, 5.74) is 1.08. The van der Waals surface area contributed by atoms with Gasteiger partial charge in [-0.25, -0.2) is 0 Å². The first-order chi connectivity index (χ1) is 11.1. The van der Waals surface area contributed by atoms with Gasteiger partial charge in [-0.05, 0) is 23.8 Å². The van der Waals surface area contributed by atoms with Crippen LogP contribution in [-0.2, 0) is 4.74 Å². The lowest BCUT2D eigenvalue weighted by Crippen LogP contribution is -2.16. The largest absolute Gasteiger partial charge is 0.504 e. The van der Waals surface area contributed by atoms with E-state index in [0.717, 1.165) is 0 Å². The molecule has 2 rings (SSSR count). The van der Waals surface area contributed by atoms with E-state index in [9.17, 15) is 10.2 Å². The minimum Gasteiger partial charge on any atom is -0.504 e. The second-order valence-corrected chi connectivity index (χ2v) is 4.83. The molecule has 6 heteroatoms. The normalized spacial score (nSPS) is 13.4. The first-order valence-corrected chi connectivity index (χ1v) is 7.02. The van der Waals surface area contributed by atoms with Crippen molar-refractivity contribution in [2.24, 2.45) is 0 Å². The SMILES string of the molecule is COc1cc([C@@H](O)[C@H](OCO)c2ccccc2OC)ccc1O. The van der Waals surface area contributed by atoms with E-state index in [1.54, 1.807) is 30.3 Å². The number of phenolic OH excluding ortho intramolecular Hbond substituents is 1. The lowest BCUT2D eigenvalue weighted by Gasteiger charge is -2.25. The predicted octanol–water partition coefficient (Wildman–Crippen LogP) is 2.15. The van der Waals surface area contributed by atoms with E-state index in [1.165, 1.54) is 26.4 Å². The van der Waals surface area contributed by atoms with Gasteiger partial charge < -0.3 is 29.5 Å². The smallest absolute Gasteiger partial charge is 0.160 e. The Kier molecular flexibility index (Phi) is 5.81. The monoisotopic (exact) mass is 320 g/mol. The quantitative estimate of drug-likeness (QED) is 0.678. The van der Waals surface area contributed by atoms with E-state index >= 15 is 0 Å². The zero-order valence-corrected chi connectivity index (χ0v) is 13.0. The Morgan fingerprint density at radius 3 is 2.35 bits per heavy atom. The third-order valence-electron chi connectivity index (χ3n) is 3.53. The van der Waals surface area contributed by atoms with Gasteiger partial charge in [0.05, 0.1) is 14.2 Å². The molecule has 2 aromatic rings. The van der Waals surface area contributed by atoms with Crippen LogP contribution in [0.4, 0.5) is 0 Å². The number of aromatic hydroxyl groups is 1. The summed E-state index contributed by atoms with van der Waals surface area (Å²) in [5.74, 6) is 0.750. The highest BCUT2D eigenvalue weighted by molar-refractivity contribution is 5.44. The Morgan fingerprint density at radius 1 is 1.00 bits per heavy atom. The standard InChI is InChI=1S/C17H20O6/c1-21-14-6-4-3-5-12(14)17(23-10-18)16(20)11-7-8-13(19)15(9-11)22-2/h3-9,16-20H,10H2,1-2H3/t16-,17-/m1/s1. The second-order valence-electron chi connectivity index (χ2n) is 4.83. The summed E-state index contributed by atoms with van der Waals surface area (Å²) >= 11 is 0. The molecule has 0 amide bonds. The number of hydrogen-bond donors (Lipinski definition) is 3. The molecule has 0 saturated heterocycles. The third-order valence-corrected chi connectivity index (χ3v) is 3.53. The molecule has 2 atom stereocenters. The molecule has 0 saturated carbocycles. The fourth-order valence-electron chi connectivity index (χ4n) is 2.39. The predicted molar refractivity (Wildman–Crippen MR) is 83.5 cm³/mol. The summed E-state index contributed by atoms with van der Waals surface area (Å²) < 4.78 is 15.6. The minimum atomic E-state index is -1.09. The van der Waals surface area contributed by atoms with Crippen LogP contribution >= 0.6 is 0 Å². The van der Waals surface area contributed by atoms with E-state index in [0.29, 0.717) is 16.9 Å². The van der Waals surface area contributed by atoms with Crippen molar-refractivity contribution in [3.05, 3.63) is 53.6 Å². The van der Waals surface area contributed by atoms with Crippen molar-refractivity contribution >= 4 is 0 Å². The third kappa shape index (κ3) is 3.73. The van der Waals surface area contributed by atoms with Gasteiger partial charge in [0.15, 0.2) is 11.5 Å². The van der Waals surface area contributed by atoms with Gasteiger partial charge in [0.25, 0.3) is 0 Å². The van der Waals surface area contributed by atoms with Crippen molar-refractivity contribution < 1.29 is 29.5 Å². The van der Waals surface area contributed by atoms with Gasteiger partial charge in [-0.2, -0.15) is 0 Å². The summed E-state index contributed by atoms with van der Waals surface area (Å²) in [5, 5.41) is 29.5. The molecule has 0 aliphatic heterocycles. The van der Waals surface area contributed by atoms with Crippen molar-refractivity contribution in [3.8, 4) is 17.2 Å². The molecule has 0 unspecified atom stereocenters. The summed E-state index contributed by atoms with van der Waals surface area (Å²) in [4.78, 5) is 0. The molecule has 2 aromatic carbocycles. The van der Waals surface area contributed by atoms with E-state index in [-0.39, 0.29) is 11.5 Å². The van der Waals surface area contributed by atoms with Gasteiger partial charge in [-0.3, -0.25) is 0 Å². The molecule has 124 valence electrons. The lowest BCUT2D eigenvalue weighted by atomic mass is 9.97. The number of aliphatic hydroxyl groups excluding tert-OH is 2. The van der Waals surface area contributed by atoms with E-state index < -0.39 is 19.0 Å². The van der Waals surface area contributed by atoms with Crippen molar-refractivity contribution in [1.82, 2.24) is 0 Å². The van der Waals surface area contributed by atoms with E-state index in [2.05, 4.69) is 0 Å². The van der Waals surface area contributed by atoms with Crippen LogP contribution in [0.2, 0.25) is 0 Å². The summed E-state index contributed by atoms with van der Waals surface area (Å²) in [6, 6.07) is 11.6. The zero-order valence-electron chi connectivity index (χ0n) is 13.0. The highest BCUT2D eigenvalue weighted by atomic mass is 16.6. The number of benzene rings is 2. The Bertz CT molecular complexity index is 643. The maximum atomic E-state index is 10.7. The minimum absolute atomic E-state index is 0.0274. The van der Waals surface area contributed by atoms with E-state index in [1.807, 2.05) is 0 Å². The number of phenols is 1.